The summed E-state index contributed by atoms with van der Waals surface area (Å²) in [7, 11) is 3.22. The number of piperidine rings is 1. The van der Waals surface area contributed by atoms with Gasteiger partial charge in [-0.2, -0.15) is 0 Å². The molecule has 0 unspecified atom stereocenters. The lowest BCUT2D eigenvalue weighted by Gasteiger charge is -2.42. The van der Waals surface area contributed by atoms with E-state index in [-0.39, 0.29) is 17.9 Å². The Labute approximate surface area is 148 Å². The zero-order valence-electron chi connectivity index (χ0n) is 14.4. The van der Waals surface area contributed by atoms with Crippen LogP contribution in [0.5, 0.6) is 5.75 Å². The molecule has 1 aromatic carbocycles. The number of carbonyl (C=O) groups excluding carboxylic acids is 1. The van der Waals surface area contributed by atoms with Crippen molar-refractivity contribution in [3.63, 3.8) is 0 Å². The third kappa shape index (κ3) is 4.41. The molecule has 0 bridgehead atoms. The zero-order chi connectivity index (χ0) is 17.6. The molecule has 1 heterocycles. The molecule has 1 aliphatic heterocycles. The Hall–Kier alpha value is -1.30. The van der Waals surface area contributed by atoms with Crippen molar-refractivity contribution < 1.29 is 19.4 Å². The van der Waals surface area contributed by atoms with E-state index in [1.54, 1.807) is 37.3 Å². The number of benzene rings is 1. The molecule has 0 aromatic heterocycles. The van der Waals surface area contributed by atoms with Crippen molar-refractivity contribution in [3.8, 4) is 5.75 Å². The van der Waals surface area contributed by atoms with Gasteiger partial charge in [0.2, 0.25) is 0 Å². The maximum absolute atomic E-state index is 12.9. The summed E-state index contributed by atoms with van der Waals surface area (Å²) in [6.45, 7) is 1.97. The lowest BCUT2D eigenvalue weighted by atomic mass is 9.77. The van der Waals surface area contributed by atoms with Crippen molar-refractivity contribution >= 4 is 17.5 Å². The molecule has 2 rings (SSSR count). The van der Waals surface area contributed by atoms with Crippen LogP contribution < -0.4 is 4.74 Å². The van der Waals surface area contributed by atoms with E-state index >= 15 is 0 Å². The van der Waals surface area contributed by atoms with E-state index < -0.39 is 0 Å². The average molecular weight is 356 g/mol. The predicted molar refractivity (Wildman–Crippen MR) is 93.8 cm³/mol. The summed E-state index contributed by atoms with van der Waals surface area (Å²) in [6, 6.07) is 5.05. The Morgan fingerprint density at radius 1 is 1.42 bits per heavy atom. The second-order valence-electron chi connectivity index (χ2n) is 6.43. The van der Waals surface area contributed by atoms with Crippen LogP contribution in [0.2, 0.25) is 5.02 Å². The molecule has 1 aromatic rings. The Morgan fingerprint density at radius 3 is 2.88 bits per heavy atom. The molecule has 0 saturated carbocycles. The number of likely N-dealkylation sites (tertiary alicyclic amines) is 1. The quantitative estimate of drug-likeness (QED) is 0.764. The molecule has 24 heavy (non-hydrogen) atoms. The number of ether oxygens (including phenoxy) is 2. The number of halogens is 1. The fourth-order valence-electron chi connectivity index (χ4n) is 3.40. The lowest BCUT2D eigenvalue weighted by Crippen LogP contribution is -2.48. The smallest absolute Gasteiger partial charge is 0.257 e. The van der Waals surface area contributed by atoms with Gasteiger partial charge in [0.1, 0.15) is 5.75 Å². The van der Waals surface area contributed by atoms with Crippen LogP contribution in [-0.2, 0) is 4.74 Å². The molecule has 1 aliphatic rings. The molecule has 134 valence electrons. The van der Waals surface area contributed by atoms with Crippen molar-refractivity contribution in [1.29, 1.82) is 0 Å². The molecule has 5 nitrogen and oxygen atoms in total. The molecule has 0 radical (unpaired) electrons. The van der Waals surface area contributed by atoms with Crippen LogP contribution in [0.1, 0.15) is 36.0 Å². The second-order valence-corrected chi connectivity index (χ2v) is 6.87. The molecule has 1 saturated heterocycles. The van der Waals surface area contributed by atoms with E-state index in [0.29, 0.717) is 36.0 Å². The zero-order valence-corrected chi connectivity index (χ0v) is 15.1. The monoisotopic (exact) mass is 355 g/mol. The maximum atomic E-state index is 12.9. The van der Waals surface area contributed by atoms with Gasteiger partial charge in [0.05, 0.1) is 19.3 Å². The number of rotatable bonds is 7. The van der Waals surface area contributed by atoms with Gasteiger partial charge in [-0.25, -0.2) is 0 Å². The van der Waals surface area contributed by atoms with Crippen molar-refractivity contribution in [2.45, 2.75) is 25.7 Å². The molecular formula is C18H26ClNO4. The van der Waals surface area contributed by atoms with Crippen molar-refractivity contribution in [3.05, 3.63) is 28.8 Å². The topological polar surface area (TPSA) is 59.0 Å². The minimum absolute atomic E-state index is 0.0766. The maximum Gasteiger partial charge on any atom is 0.257 e. The summed E-state index contributed by atoms with van der Waals surface area (Å²) in [6.07, 6.45) is 3.51. The van der Waals surface area contributed by atoms with E-state index in [4.69, 9.17) is 21.1 Å². The van der Waals surface area contributed by atoms with Gasteiger partial charge in [0.25, 0.3) is 5.91 Å². The Kier molecular flexibility index (Phi) is 6.90. The molecule has 1 atom stereocenters. The van der Waals surface area contributed by atoms with Crippen molar-refractivity contribution in [2.75, 3.05) is 40.5 Å². The number of carbonyl (C=O) groups is 1. The Morgan fingerprint density at radius 2 is 2.21 bits per heavy atom. The van der Waals surface area contributed by atoms with Crippen LogP contribution in [0.15, 0.2) is 18.2 Å². The average Bonchev–Trinajstić information content (AvgIpc) is 2.61. The fraction of sp³-hybridized carbons (Fsp3) is 0.611. The van der Waals surface area contributed by atoms with Gasteiger partial charge in [0.15, 0.2) is 0 Å². The van der Waals surface area contributed by atoms with Crippen LogP contribution >= 0.6 is 11.6 Å². The third-order valence-electron chi connectivity index (χ3n) is 4.73. The summed E-state index contributed by atoms with van der Waals surface area (Å²) >= 11 is 6.04. The Balaban J connectivity index is 2.16. The SMILES string of the molecule is COCCC[C@]1(CO)CCCN(C(=O)c2cc(Cl)ccc2OC)C1. The second kappa shape index (κ2) is 8.70. The first-order chi connectivity index (χ1) is 11.5. The summed E-state index contributed by atoms with van der Waals surface area (Å²) in [5.41, 5.74) is 0.216. The minimum Gasteiger partial charge on any atom is -0.496 e. The molecular weight excluding hydrogens is 330 g/mol. The number of aliphatic hydroxyl groups is 1. The Bertz CT molecular complexity index is 566. The summed E-state index contributed by atoms with van der Waals surface area (Å²) in [5.74, 6) is 0.419. The number of amides is 1. The van der Waals surface area contributed by atoms with E-state index in [1.165, 1.54) is 0 Å². The van der Waals surface area contributed by atoms with E-state index in [9.17, 15) is 9.90 Å². The first kappa shape index (κ1) is 19.0. The highest BCUT2D eigenvalue weighted by atomic mass is 35.5. The van der Waals surface area contributed by atoms with Gasteiger partial charge in [-0.1, -0.05) is 11.6 Å². The molecule has 0 aliphatic carbocycles. The first-order valence-corrected chi connectivity index (χ1v) is 8.65. The van der Waals surface area contributed by atoms with Gasteiger partial charge in [0, 0.05) is 37.2 Å². The molecule has 6 heteroatoms. The van der Waals surface area contributed by atoms with Gasteiger partial charge < -0.3 is 19.5 Å². The first-order valence-electron chi connectivity index (χ1n) is 8.28. The molecule has 1 N–H and O–H groups in total. The number of hydrogen-bond acceptors (Lipinski definition) is 4. The van der Waals surface area contributed by atoms with E-state index in [2.05, 4.69) is 0 Å². The number of nitrogens with zero attached hydrogens (tertiary/aromatic N) is 1. The highest BCUT2D eigenvalue weighted by Gasteiger charge is 2.37. The number of aliphatic hydroxyl groups excluding tert-OH is 1. The largest absolute Gasteiger partial charge is 0.496 e. The highest BCUT2D eigenvalue weighted by molar-refractivity contribution is 6.31. The number of methoxy groups -OCH3 is 2. The van der Waals surface area contributed by atoms with E-state index in [0.717, 1.165) is 25.7 Å². The van der Waals surface area contributed by atoms with Gasteiger partial charge in [-0.15, -0.1) is 0 Å². The van der Waals surface area contributed by atoms with Gasteiger partial charge >= 0.3 is 0 Å². The van der Waals surface area contributed by atoms with Crippen LogP contribution in [0, 0.1) is 5.41 Å². The van der Waals surface area contributed by atoms with E-state index in [1.807, 2.05) is 0 Å². The van der Waals surface area contributed by atoms with Gasteiger partial charge in [-0.3, -0.25) is 4.79 Å². The molecule has 1 fully saturated rings. The fourth-order valence-corrected chi connectivity index (χ4v) is 3.57. The van der Waals surface area contributed by atoms with Crippen LogP contribution in [-0.4, -0.2) is 56.4 Å². The normalized spacial score (nSPS) is 20.9. The summed E-state index contributed by atoms with van der Waals surface area (Å²) in [5, 5.41) is 10.4. The minimum atomic E-state index is -0.252. The summed E-state index contributed by atoms with van der Waals surface area (Å²) < 4.78 is 10.4. The van der Waals surface area contributed by atoms with Crippen LogP contribution in [0.4, 0.5) is 0 Å². The van der Waals surface area contributed by atoms with Crippen LogP contribution in [0.25, 0.3) is 0 Å². The molecule has 1 amide bonds. The standard InChI is InChI=1S/C18H26ClNO4/c1-23-10-4-8-18(13-21)7-3-9-20(12-18)17(22)15-11-14(19)5-6-16(15)24-2/h5-6,11,21H,3-4,7-10,12-13H2,1-2H3/t18-/m1/s1. The lowest BCUT2D eigenvalue weighted by molar-refractivity contribution is 0.0179. The molecule has 0 spiro atoms. The van der Waals surface area contributed by atoms with Crippen LogP contribution in [0.3, 0.4) is 0 Å². The highest BCUT2D eigenvalue weighted by Crippen LogP contribution is 2.35. The predicted octanol–water partition coefficient (Wildman–Crippen LogP) is 2.99. The van der Waals surface area contributed by atoms with Crippen molar-refractivity contribution in [1.82, 2.24) is 4.90 Å². The summed E-state index contributed by atoms with van der Waals surface area (Å²) in [4.78, 5) is 14.8. The number of hydrogen-bond donors (Lipinski definition) is 1. The van der Waals surface area contributed by atoms with Crippen molar-refractivity contribution in [2.24, 2.45) is 5.41 Å². The third-order valence-corrected chi connectivity index (χ3v) is 4.97. The van der Waals surface area contributed by atoms with Gasteiger partial charge in [-0.05, 0) is 43.9 Å².